The molecule has 0 bridgehead atoms. The van der Waals surface area contributed by atoms with E-state index in [1.165, 1.54) is 20.3 Å². The fourth-order valence-corrected chi connectivity index (χ4v) is 2.57. The molecule has 0 saturated heterocycles. The Bertz CT molecular complexity index is 779. The number of rotatable bonds is 9. The smallest absolute Gasteiger partial charge is 0.251 e. The number of amides is 1. The Morgan fingerprint density at radius 1 is 1.07 bits per heavy atom. The maximum absolute atomic E-state index is 13.9. The SMILES string of the molecule is CCCCOc1ccc(C(=O)N[C@H](C)c2ccc(OC)c(F)c2)cc1OC. The number of halogens is 1. The molecule has 1 amide bonds. The molecule has 0 radical (unpaired) electrons. The van der Waals surface area contributed by atoms with Gasteiger partial charge in [0.25, 0.3) is 5.91 Å². The summed E-state index contributed by atoms with van der Waals surface area (Å²) in [4.78, 5) is 12.6. The van der Waals surface area contributed by atoms with Crippen LogP contribution in [-0.4, -0.2) is 26.7 Å². The number of nitrogens with one attached hydrogen (secondary N) is 1. The zero-order valence-electron chi connectivity index (χ0n) is 16.2. The van der Waals surface area contributed by atoms with Crippen LogP contribution in [0.4, 0.5) is 4.39 Å². The molecule has 0 aliphatic rings. The highest BCUT2D eigenvalue weighted by Crippen LogP contribution is 2.29. The Labute approximate surface area is 159 Å². The molecule has 0 heterocycles. The molecule has 2 aromatic carbocycles. The fourth-order valence-electron chi connectivity index (χ4n) is 2.57. The number of ether oxygens (including phenoxy) is 3. The second-order valence-corrected chi connectivity index (χ2v) is 6.16. The van der Waals surface area contributed by atoms with Crippen LogP contribution in [0.15, 0.2) is 36.4 Å². The average Bonchev–Trinajstić information content (AvgIpc) is 2.68. The van der Waals surface area contributed by atoms with Crippen LogP contribution < -0.4 is 19.5 Å². The van der Waals surface area contributed by atoms with Crippen LogP contribution >= 0.6 is 0 Å². The molecule has 0 aliphatic heterocycles. The van der Waals surface area contributed by atoms with E-state index in [-0.39, 0.29) is 17.7 Å². The predicted octanol–water partition coefficient (Wildman–Crippen LogP) is 4.51. The molecule has 0 saturated carbocycles. The lowest BCUT2D eigenvalue weighted by atomic mass is 10.1. The van der Waals surface area contributed by atoms with Crippen molar-refractivity contribution in [2.75, 3.05) is 20.8 Å². The van der Waals surface area contributed by atoms with E-state index in [2.05, 4.69) is 12.2 Å². The summed E-state index contributed by atoms with van der Waals surface area (Å²) in [6.45, 7) is 4.47. The lowest BCUT2D eigenvalue weighted by Gasteiger charge is -2.16. The molecule has 2 aromatic rings. The first-order valence-corrected chi connectivity index (χ1v) is 8.95. The van der Waals surface area contributed by atoms with Crippen molar-refractivity contribution in [1.29, 1.82) is 0 Å². The number of carbonyl (C=O) groups excluding carboxylic acids is 1. The third-order valence-electron chi connectivity index (χ3n) is 4.20. The molecule has 0 aromatic heterocycles. The molecule has 1 atom stereocenters. The van der Waals surface area contributed by atoms with Crippen LogP contribution in [0.5, 0.6) is 17.2 Å². The third-order valence-corrected chi connectivity index (χ3v) is 4.20. The molecule has 0 aliphatic carbocycles. The van der Waals surface area contributed by atoms with E-state index in [1.54, 1.807) is 37.3 Å². The van der Waals surface area contributed by atoms with Crippen LogP contribution in [0.1, 0.15) is 48.7 Å². The predicted molar refractivity (Wildman–Crippen MR) is 102 cm³/mol. The first-order chi connectivity index (χ1) is 13.0. The molecule has 146 valence electrons. The summed E-state index contributed by atoms with van der Waals surface area (Å²) >= 11 is 0. The zero-order valence-corrected chi connectivity index (χ0v) is 16.2. The van der Waals surface area contributed by atoms with Gasteiger partial charge in [0.15, 0.2) is 23.1 Å². The van der Waals surface area contributed by atoms with Gasteiger partial charge < -0.3 is 19.5 Å². The lowest BCUT2D eigenvalue weighted by Crippen LogP contribution is -2.26. The van der Waals surface area contributed by atoms with Crippen LogP contribution in [0, 0.1) is 5.82 Å². The van der Waals surface area contributed by atoms with E-state index in [1.807, 2.05) is 0 Å². The summed E-state index contributed by atoms with van der Waals surface area (Å²) in [5, 5.41) is 2.86. The fraction of sp³-hybridized carbons (Fsp3) is 0.381. The van der Waals surface area contributed by atoms with Gasteiger partial charge in [0, 0.05) is 5.56 Å². The van der Waals surface area contributed by atoms with Crippen LogP contribution in [0.25, 0.3) is 0 Å². The summed E-state index contributed by atoms with van der Waals surface area (Å²) in [7, 11) is 2.94. The highest BCUT2D eigenvalue weighted by atomic mass is 19.1. The van der Waals surface area contributed by atoms with E-state index in [4.69, 9.17) is 14.2 Å². The zero-order chi connectivity index (χ0) is 19.8. The summed E-state index contributed by atoms with van der Waals surface area (Å²) in [5.41, 5.74) is 1.09. The van der Waals surface area contributed by atoms with Crippen molar-refractivity contribution in [2.24, 2.45) is 0 Å². The highest BCUT2D eigenvalue weighted by Gasteiger charge is 2.15. The summed E-state index contributed by atoms with van der Waals surface area (Å²) < 4.78 is 29.8. The van der Waals surface area contributed by atoms with Gasteiger partial charge in [-0.3, -0.25) is 4.79 Å². The van der Waals surface area contributed by atoms with E-state index >= 15 is 0 Å². The minimum atomic E-state index is -0.466. The van der Waals surface area contributed by atoms with Crippen molar-refractivity contribution in [1.82, 2.24) is 5.32 Å². The van der Waals surface area contributed by atoms with Crippen molar-refractivity contribution in [3.63, 3.8) is 0 Å². The number of carbonyl (C=O) groups is 1. The van der Waals surface area contributed by atoms with Crippen molar-refractivity contribution >= 4 is 5.91 Å². The topological polar surface area (TPSA) is 56.8 Å². The summed E-state index contributed by atoms with van der Waals surface area (Å²) in [5.74, 6) is 0.527. The van der Waals surface area contributed by atoms with E-state index < -0.39 is 5.82 Å². The van der Waals surface area contributed by atoms with Crippen LogP contribution in [0.3, 0.4) is 0 Å². The maximum Gasteiger partial charge on any atom is 0.251 e. The minimum absolute atomic E-state index is 0.167. The van der Waals surface area contributed by atoms with E-state index in [9.17, 15) is 9.18 Å². The second kappa shape index (κ2) is 9.80. The Morgan fingerprint density at radius 3 is 2.41 bits per heavy atom. The van der Waals surface area contributed by atoms with Gasteiger partial charge in [-0.25, -0.2) is 4.39 Å². The van der Waals surface area contributed by atoms with Crippen LogP contribution in [-0.2, 0) is 0 Å². The molecular formula is C21H26FNO4. The Balaban J connectivity index is 2.09. The second-order valence-electron chi connectivity index (χ2n) is 6.16. The molecule has 2 rings (SSSR count). The van der Waals surface area contributed by atoms with Gasteiger partial charge in [-0.15, -0.1) is 0 Å². The number of methoxy groups -OCH3 is 2. The number of unbranched alkanes of at least 4 members (excludes halogenated alkanes) is 1. The molecule has 0 fully saturated rings. The van der Waals surface area contributed by atoms with Gasteiger partial charge >= 0.3 is 0 Å². The number of benzene rings is 2. The van der Waals surface area contributed by atoms with Crippen molar-refractivity contribution in [3.8, 4) is 17.2 Å². The van der Waals surface area contributed by atoms with Crippen molar-refractivity contribution in [3.05, 3.63) is 53.3 Å². The normalized spacial score (nSPS) is 11.6. The first kappa shape index (κ1) is 20.6. The van der Waals surface area contributed by atoms with Gasteiger partial charge in [-0.2, -0.15) is 0 Å². The average molecular weight is 375 g/mol. The highest BCUT2D eigenvalue weighted by molar-refractivity contribution is 5.95. The molecule has 5 nitrogen and oxygen atoms in total. The summed E-state index contributed by atoms with van der Waals surface area (Å²) in [6, 6.07) is 9.29. The van der Waals surface area contributed by atoms with Crippen molar-refractivity contribution in [2.45, 2.75) is 32.7 Å². The number of hydrogen-bond donors (Lipinski definition) is 1. The Morgan fingerprint density at radius 2 is 1.78 bits per heavy atom. The van der Waals surface area contributed by atoms with Gasteiger partial charge in [0.1, 0.15) is 0 Å². The molecular weight excluding hydrogens is 349 g/mol. The quantitative estimate of drug-likeness (QED) is 0.655. The minimum Gasteiger partial charge on any atom is -0.494 e. The van der Waals surface area contributed by atoms with E-state index in [0.29, 0.717) is 29.2 Å². The Hall–Kier alpha value is -2.76. The standard InChI is InChI=1S/C21H26FNO4/c1-5-6-11-27-19-10-8-16(13-20(19)26-4)21(24)23-14(2)15-7-9-18(25-3)17(22)12-15/h7-10,12-14H,5-6,11H2,1-4H3,(H,23,24)/t14-/m1/s1. The molecule has 27 heavy (non-hydrogen) atoms. The Kier molecular flexibility index (Phi) is 7.46. The number of hydrogen-bond acceptors (Lipinski definition) is 4. The third kappa shape index (κ3) is 5.36. The van der Waals surface area contributed by atoms with Crippen molar-refractivity contribution < 1.29 is 23.4 Å². The molecule has 1 N–H and O–H groups in total. The van der Waals surface area contributed by atoms with Gasteiger partial charge in [-0.05, 0) is 49.2 Å². The van der Waals surface area contributed by atoms with E-state index in [0.717, 1.165) is 12.8 Å². The monoisotopic (exact) mass is 375 g/mol. The lowest BCUT2D eigenvalue weighted by molar-refractivity contribution is 0.0939. The summed E-state index contributed by atoms with van der Waals surface area (Å²) in [6.07, 6.45) is 1.98. The first-order valence-electron chi connectivity index (χ1n) is 8.95. The van der Waals surface area contributed by atoms with Gasteiger partial charge in [-0.1, -0.05) is 19.4 Å². The van der Waals surface area contributed by atoms with Gasteiger partial charge in [0.2, 0.25) is 0 Å². The molecule has 0 spiro atoms. The largest absolute Gasteiger partial charge is 0.494 e. The van der Waals surface area contributed by atoms with Crippen LogP contribution in [0.2, 0.25) is 0 Å². The van der Waals surface area contributed by atoms with Gasteiger partial charge in [0.05, 0.1) is 26.9 Å². The maximum atomic E-state index is 13.9. The molecule has 6 heteroatoms. The molecule has 0 unspecified atom stereocenters.